The Morgan fingerprint density at radius 1 is 0.321 bits per heavy atom. The van der Waals surface area contributed by atoms with Gasteiger partial charge in [-0.05, 0) is 75.5 Å². The summed E-state index contributed by atoms with van der Waals surface area (Å²) in [6.45, 7) is 0. The summed E-state index contributed by atoms with van der Waals surface area (Å²) in [5, 5.41) is 3.93. The number of fused-ring (bicyclic) bond motifs is 7. The third-order valence-electron chi connectivity index (χ3n) is 10.4. The average molecular weight is 719 g/mol. The van der Waals surface area contributed by atoms with Crippen LogP contribution < -0.4 is 0 Å². The van der Waals surface area contributed by atoms with Crippen LogP contribution in [0.4, 0.5) is 0 Å². The molecule has 0 amide bonds. The Bertz CT molecular complexity index is 3230. The van der Waals surface area contributed by atoms with Crippen molar-refractivity contribution in [2.75, 3.05) is 0 Å². The first-order chi connectivity index (χ1) is 27.7. The minimum Gasteiger partial charge on any atom is -0.456 e. The molecular formula is C50H30N4O2. The van der Waals surface area contributed by atoms with Crippen LogP contribution in [0.5, 0.6) is 0 Å². The van der Waals surface area contributed by atoms with E-state index in [1.165, 1.54) is 11.1 Å². The summed E-state index contributed by atoms with van der Waals surface area (Å²) in [7, 11) is 0. The second-order valence-corrected chi connectivity index (χ2v) is 13.8. The molecule has 262 valence electrons. The highest BCUT2D eigenvalue weighted by Crippen LogP contribution is 2.41. The average Bonchev–Trinajstić information content (AvgIpc) is 3.89. The van der Waals surface area contributed by atoms with Gasteiger partial charge in [0.25, 0.3) is 0 Å². The number of hydrogen-bond donors (Lipinski definition) is 0. The first-order valence-electron chi connectivity index (χ1n) is 18.5. The molecule has 3 aromatic heterocycles. The quantitative estimate of drug-likeness (QED) is 0.170. The highest BCUT2D eigenvalue weighted by molar-refractivity contribution is 6.25. The Balaban J connectivity index is 1.04. The fourth-order valence-electron chi connectivity index (χ4n) is 7.57. The first kappa shape index (κ1) is 31.8. The Morgan fingerprint density at radius 3 is 1.52 bits per heavy atom. The van der Waals surface area contributed by atoms with E-state index >= 15 is 0 Å². The maximum absolute atomic E-state index is 6.49. The molecule has 0 fully saturated rings. The molecule has 0 atom stereocenters. The highest BCUT2D eigenvalue weighted by Gasteiger charge is 2.20. The van der Waals surface area contributed by atoms with Gasteiger partial charge in [0.05, 0.1) is 5.39 Å². The number of aromatic nitrogens is 4. The van der Waals surface area contributed by atoms with Gasteiger partial charge < -0.3 is 8.83 Å². The minimum atomic E-state index is 0.572. The van der Waals surface area contributed by atoms with Crippen LogP contribution in [-0.4, -0.2) is 19.9 Å². The predicted octanol–water partition coefficient (Wildman–Crippen LogP) is 13.1. The van der Waals surface area contributed by atoms with E-state index in [9.17, 15) is 0 Å². The monoisotopic (exact) mass is 718 g/mol. The minimum absolute atomic E-state index is 0.572. The summed E-state index contributed by atoms with van der Waals surface area (Å²) >= 11 is 0. The summed E-state index contributed by atoms with van der Waals surface area (Å²) < 4.78 is 12.9. The number of benzene rings is 8. The van der Waals surface area contributed by atoms with Crippen LogP contribution in [0.2, 0.25) is 0 Å². The van der Waals surface area contributed by atoms with Crippen molar-refractivity contribution in [1.29, 1.82) is 0 Å². The molecule has 0 radical (unpaired) electrons. The number of rotatable bonds is 6. The summed E-state index contributed by atoms with van der Waals surface area (Å²) in [6, 6.07) is 61.9. The normalized spacial score (nSPS) is 11.6. The first-order valence-corrected chi connectivity index (χ1v) is 18.5. The van der Waals surface area contributed by atoms with Gasteiger partial charge in [-0.15, -0.1) is 0 Å². The second-order valence-electron chi connectivity index (χ2n) is 13.8. The Kier molecular flexibility index (Phi) is 7.38. The van der Waals surface area contributed by atoms with Crippen LogP contribution in [-0.2, 0) is 0 Å². The standard InChI is InChI=1S/C50H30N4O2/c1-4-11-31(12-5-1)37-17-10-18-38(29-37)32-19-22-35(23-20-32)48-52-47(34-13-6-2-7-14-34)53-49(54-48)39-24-21-33-25-27-42-44(40(33)30-39)45-43(55-42)28-26-41-46(45)56-50(51-41)36-15-8-3-9-16-36/h1-30H. The van der Waals surface area contributed by atoms with Crippen LogP contribution in [0.25, 0.3) is 112 Å². The number of nitrogens with zero attached hydrogens (tertiary/aromatic N) is 4. The summed E-state index contributed by atoms with van der Waals surface area (Å²) in [5.74, 6) is 2.36. The highest BCUT2D eigenvalue weighted by atomic mass is 16.4. The zero-order valence-corrected chi connectivity index (χ0v) is 29.9. The fraction of sp³-hybridized carbons (Fsp3) is 0. The SMILES string of the molecule is c1ccc(-c2cccc(-c3ccc(-c4nc(-c5ccccc5)nc(-c5ccc6ccc7oc8ccc9nc(-c%10ccccc%10)oc9c8c7c6c5)n4)cc3)c2)cc1. The van der Waals surface area contributed by atoms with E-state index in [1.807, 2.05) is 84.9 Å². The molecule has 6 nitrogen and oxygen atoms in total. The summed E-state index contributed by atoms with van der Waals surface area (Å²) in [6.07, 6.45) is 0. The molecule has 0 N–H and O–H groups in total. The molecule has 0 saturated carbocycles. The molecular weight excluding hydrogens is 689 g/mol. The van der Waals surface area contributed by atoms with E-state index in [0.29, 0.717) is 28.9 Å². The molecule has 56 heavy (non-hydrogen) atoms. The van der Waals surface area contributed by atoms with Crippen molar-refractivity contribution in [3.8, 4) is 67.9 Å². The van der Waals surface area contributed by atoms with Gasteiger partial charge in [-0.1, -0.05) is 140 Å². The number of furan rings is 1. The molecule has 0 aliphatic carbocycles. The maximum Gasteiger partial charge on any atom is 0.227 e. The molecule has 8 aromatic carbocycles. The van der Waals surface area contributed by atoms with E-state index in [4.69, 9.17) is 28.8 Å². The van der Waals surface area contributed by atoms with Crippen molar-refractivity contribution in [3.63, 3.8) is 0 Å². The largest absolute Gasteiger partial charge is 0.456 e. The smallest absolute Gasteiger partial charge is 0.227 e. The Labute approximate surface area is 321 Å². The third kappa shape index (κ3) is 5.51. The van der Waals surface area contributed by atoms with Gasteiger partial charge in [0.15, 0.2) is 23.1 Å². The van der Waals surface area contributed by atoms with Gasteiger partial charge >= 0.3 is 0 Å². The van der Waals surface area contributed by atoms with Gasteiger partial charge in [0.2, 0.25) is 5.89 Å². The molecule has 3 heterocycles. The van der Waals surface area contributed by atoms with E-state index in [2.05, 4.69) is 97.1 Å². The molecule has 0 saturated heterocycles. The number of hydrogen-bond acceptors (Lipinski definition) is 6. The van der Waals surface area contributed by atoms with Crippen molar-refractivity contribution in [2.24, 2.45) is 0 Å². The summed E-state index contributed by atoms with van der Waals surface area (Å²) in [5.41, 5.74) is 11.2. The zero-order chi connectivity index (χ0) is 37.0. The van der Waals surface area contributed by atoms with E-state index < -0.39 is 0 Å². The van der Waals surface area contributed by atoms with Gasteiger partial charge in [-0.2, -0.15) is 0 Å². The van der Waals surface area contributed by atoms with Crippen molar-refractivity contribution < 1.29 is 8.83 Å². The molecule has 0 bridgehead atoms. The molecule has 0 unspecified atom stereocenters. The van der Waals surface area contributed by atoms with Gasteiger partial charge in [-0.3, -0.25) is 0 Å². The molecule has 0 aliphatic rings. The van der Waals surface area contributed by atoms with Gasteiger partial charge in [-0.25, -0.2) is 19.9 Å². The fourth-order valence-corrected chi connectivity index (χ4v) is 7.57. The molecule has 0 spiro atoms. The van der Waals surface area contributed by atoms with E-state index in [0.717, 1.165) is 71.6 Å². The van der Waals surface area contributed by atoms with Crippen LogP contribution in [0.1, 0.15) is 0 Å². The lowest BCUT2D eigenvalue weighted by molar-refractivity contribution is 0.622. The molecule has 11 aromatic rings. The second kappa shape index (κ2) is 13.0. The lowest BCUT2D eigenvalue weighted by Gasteiger charge is -2.10. The van der Waals surface area contributed by atoms with Gasteiger partial charge in [0, 0.05) is 27.6 Å². The molecule has 11 rings (SSSR count). The Hall–Kier alpha value is -7.70. The lowest BCUT2D eigenvalue weighted by Crippen LogP contribution is -2.00. The zero-order valence-electron chi connectivity index (χ0n) is 29.9. The number of oxazole rings is 1. The third-order valence-corrected chi connectivity index (χ3v) is 10.4. The van der Waals surface area contributed by atoms with E-state index in [1.54, 1.807) is 0 Å². The van der Waals surface area contributed by atoms with Gasteiger partial charge in [0.1, 0.15) is 16.7 Å². The van der Waals surface area contributed by atoms with Crippen molar-refractivity contribution in [1.82, 2.24) is 19.9 Å². The maximum atomic E-state index is 6.49. The summed E-state index contributed by atoms with van der Waals surface area (Å²) in [4.78, 5) is 20.0. The lowest BCUT2D eigenvalue weighted by atomic mass is 9.98. The van der Waals surface area contributed by atoms with Crippen LogP contribution in [0.3, 0.4) is 0 Å². The van der Waals surface area contributed by atoms with E-state index in [-0.39, 0.29) is 0 Å². The van der Waals surface area contributed by atoms with Crippen molar-refractivity contribution >= 4 is 43.8 Å². The van der Waals surface area contributed by atoms with Crippen molar-refractivity contribution in [3.05, 3.63) is 182 Å². The topological polar surface area (TPSA) is 77.8 Å². The molecule has 0 aliphatic heterocycles. The van der Waals surface area contributed by atoms with Crippen molar-refractivity contribution in [2.45, 2.75) is 0 Å². The Morgan fingerprint density at radius 2 is 0.821 bits per heavy atom. The van der Waals surface area contributed by atoms with Crippen LogP contribution in [0.15, 0.2) is 191 Å². The molecule has 6 heteroatoms. The van der Waals surface area contributed by atoms with Crippen LogP contribution >= 0.6 is 0 Å². The predicted molar refractivity (Wildman–Crippen MR) is 225 cm³/mol. The van der Waals surface area contributed by atoms with Crippen LogP contribution in [0, 0.1) is 0 Å².